The number of anilines is 1. The Balaban J connectivity index is 1.41. The Morgan fingerprint density at radius 3 is 2.35 bits per heavy atom. The van der Waals surface area contributed by atoms with E-state index in [-0.39, 0.29) is 17.3 Å². The second-order valence-corrected chi connectivity index (χ2v) is 9.78. The Hall–Kier alpha value is -3.36. The SMILES string of the molecule is CCOc1ccccc1N1CCN(C(=O)c2cccc(S(=O)(=O)NCc3ccccc3)c2)CC1. The van der Waals surface area contributed by atoms with Crippen molar-refractivity contribution in [2.45, 2.75) is 18.4 Å². The number of hydrogen-bond acceptors (Lipinski definition) is 5. The number of para-hydroxylation sites is 2. The van der Waals surface area contributed by atoms with E-state index < -0.39 is 10.0 Å². The largest absolute Gasteiger partial charge is 0.492 e. The molecule has 3 aromatic carbocycles. The predicted molar refractivity (Wildman–Crippen MR) is 133 cm³/mol. The van der Waals surface area contributed by atoms with Crippen molar-refractivity contribution in [2.24, 2.45) is 0 Å². The topological polar surface area (TPSA) is 79.0 Å². The molecule has 34 heavy (non-hydrogen) atoms. The first kappa shape index (κ1) is 23.8. The summed E-state index contributed by atoms with van der Waals surface area (Å²) < 4.78 is 33.9. The molecule has 0 aromatic heterocycles. The summed E-state index contributed by atoms with van der Waals surface area (Å²) in [4.78, 5) is 17.2. The van der Waals surface area contributed by atoms with E-state index >= 15 is 0 Å². The van der Waals surface area contributed by atoms with Crippen molar-refractivity contribution >= 4 is 21.6 Å². The van der Waals surface area contributed by atoms with Crippen LogP contribution in [0.15, 0.2) is 83.8 Å². The summed E-state index contributed by atoms with van der Waals surface area (Å²) >= 11 is 0. The molecule has 1 aliphatic rings. The summed E-state index contributed by atoms with van der Waals surface area (Å²) in [7, 11) is -3.74. The van der Waals surface area contributed by atoms with E-state index in [4.69, 9.17) is 4.74 Å². The molecule has 0 aliphatic carbocycles. The highest BCUT2D eigenvalue weighted by molar-refractivity contribution is 7.89. The Bertz CT molecular complexity index is 1220. The number of nitrogens with zero attached hydrogens (tertiary/aromatic N) is 2. The summed E-state index contributed by atoms with van der Waals surface area (Å²) in [5.74, 6) is 0.670. The van der Waals surface area contributed by atoms with E-state index in [0.717, 1.165) is 17.0 Å². The first-order valence-corrected chi connectivity index (χ1v) is 12.9. The Kier molecular flexibility index (Phi) is 7.49. The molecule has 178 valence electrons. The van der Waals surface area contributed by atoms with Gasteiger partial charge in [-0.15, -0.1) is 0 Å². The summed E-state index contributed by atoms with van der Waals surface area (Å²) in [6.45, 7) is 5.17. The molecule has 0 radical (unpaired) electrons. The molecule has 1 heterocycles. The first-order chi connectivity index (χ1) is 16.5. The molecule has 0 saturated carbocycles. The third-order valence-corrected chi connectivity index (χ3v) is 7.17. The fourth-order valence-corrected chi connectivity index (χ4v) is 5.05. The average molecular weight is 480 g/mol. The minimum absolute atomic E-state index is 0.0820. The van der Waals surface area contributed by atoms with E-state index in [1.54, 1.807) is 17.0 Å². The molecule has 1 fully saturated rings. The van der Waals surface area contributed by atoms with Gasteiger partial charge in [0.2, 0.25) is 10.0 Å². The predicted octanol–water partition coefficient (Wildman–Crippen LogP) is 3.53. The number of ether oxygens (including phenoxy) is 1. The highest BCUT2D eigenvalue weighted by Gasteiger charge is 2.25. The molecule has 0 bridgehead atoms. The monoisotopic (exact) mass is 479 g/mol. The van der Waals surface area contributed by atoms with Crippen LogP contribution in [0.1, 0.15) is 22.8 Å². The number of piperazine rings is 1. The second kappa shape index (κ2) is 10.7. The van der Waals surface area contributed by atoms with Crippen molar-refractivity contribution in [3.05, 3.63) is 90.0 Å². The lowest BCUT2D eigenvalue weighted by atomic mass is 10.1. The van der Waals surface area contributed by atoms with Crippen LogP contribution < -0.4 is 14.4 Å². The van der Waals surface area contributed by atoms with Crippen LogP contribution in [0.5, 0.6) is 5.75 Å². The molecule has 4 rings (SSSR count). The molecule has 1 aliphatic heterocycles. The molecule has 1 saturated heterocycles. The van der Waals surface area contributed by atoms with Gasteiger partial charge in [0, 0.05) is 38.3 Å². The fraction of sp³-hybridized carbons (Fsp3) is 0.269. The minimum atomic E-state index is -3.74. The third-order valence-electron chi connectivity index (χ3n) is 5.77. The van der Waals surface area contributed by atoms with E-state index in [0.29, 0.717) is 38.3 Å². The number of carbonyl (C=O) groups excluding carboxylic acids is 1. The summed E-state index contributed by atoms with van der Waals surface area (Å²) in [6.07, 6.45) is 0. The maximum absolute atomic E-state index is 13.1. The summed E-state index contributed by atoms with van der Waals surface area (Å²) in [6, 6.07) is 23.4. The molecule has 1 amide bonds. The highest BCUT2D eigenvalue weighted by Crippen LogP contribution is 2.29. The summed E-state index contributed by atoms with van der Waals surface area (Å²) in [5, 5.41) is 0. The van der Waals surface area contributed by atoms with Crippen LogP contribution in [-0.4, -0.2) is 52.0 Å². The zero-order chi connectivity index (χ0) is 24.0. The maximum atomic E-state index is 13.1. The van der Waals surface area contributed by atoms with Gasteiger partial charge in [-0.3, -0.25) is 4.79 Å². The lowest BCUT2D eigenvalue weighted by molar-refractivity contribution is 0.0746. The fourth-order valence-electron chi connectivity index (χ4n) is 3.98. The van der Waals surface area contributed by atoms with Crippen LogP contribution in [0.3, 0.4) is 0 Å². The maximum Gasteiger partial charge on any atom is 0.254 e. The molecular weight excluding hydrogens is 450 g/mol. The first-order valence-electron chi connectivity index (χ1n) is 11.4. The molecule has 3 aromatic rings. The van der Waals surface area contributed by atoms with Crippen LogP contribution in [-0.2, 0) is 16.6 Å². The standard InChI is InChI=1S/C26H29N3O4S/c1-2-33-25-14-7-6-13-24(25)28-15-17-29(18-16-28)26(30)22-11-8-12-23(19-22)34(31,32)27-20-21-9-4-3-5-10-21/h3-14,19,27H,2,15-18,20H2,1H3. The van der Waals surface area contributed by atoms with Crippen LogP contribution in [0.4, 0.5) is 5.69 Å². The number of nitrogens with one attached hydrogen (secondary N) is 1. The summed E-state index contributed by atoms with van der Waals surface area (Å²) in [5.41, 5.74) is 2.25. The number of amides is 1. The van der Waals surface area contributed by atoms with Crippen LogP contribution >= 0.6 is 0 Å². The van der Waals surface area contributed by atoms with Gasteiger partial charge in [0.1, 0.15) is 5.75 Å². The zero-order valence-electron chi connectivity index (χ0n) is 19.2. The van der Waals surface area contributed by atoms with Gasteiger partial charge in [-0.05, 0) is 42.8 Å². The number of benzene rings is 3. The van der Waals surface area contributed by atoms with E-state index in [9.17, 15) is 13.2 Å². The van der Waals surface area contributed by atoms with E-state index in [1.165, 1.54) is 12.1 Å². The van der Waals surface area contributed by atoms with Crippen molar-refractivity contribution in [2.75, 3.05) is 37.7 Å². The van der Waals surface area contributed by atoms with Crippen molar-refractivity contribution in [1.82, 2.24) is 9.62 Å². The number of rotatable bonds is 8. The van der Waals surface area contributed by atoms with E-state index in [1.807, 2.05) is 61.5 Å². The molecule has 0 spiro atoms. The molecule has 0 atom stereocenters. The Morgan fingerprint density at radius 1 is 0.912 bits per heavy atom. The van der Waals surface area contributed by atoms with Gasteiger partial charge in [0.05, 0.1) is 17.2 Å². The van der Waals surface area contributed by atoms with Gasteiger partial charge >= 0.3 is 0 Å². The van der Waals surface area contributed by atoms with Gasteiger partial charge in [0.25, 0.3) is 5.91 Å². The van der Waals surface area contributed by atoms with Gasteiger partial charge in [-0.2, -0.15) is 0 Å². The third kappa shape index (κ3) is 5.58. The molecule has 1 N–H and O–H groups in total. The minimum Gasteiger partial charge on any atom is -0.492 e. The second-order valence-electron chi connectivity index (χ2n) is 8.02. The number of hydrogen-bond donors (Lipinski definition) is 1. The lowest BCUT2D eigenvalue weighted by Crippen LogP contribution is -2.48. The van der Waals surface area contributed by atoms with Crippen molar-refractivity contribution in [3.8, 4) is 5.75 Å². The van der Waals surface area contributed by atoms with Crippen molar-refractivity contribution < 1.29 is 17.9 Å². The molecule has 0 unspecified atom stereocenters. The molecular formula is C26H29N3O4S. The van der Waals surface area contributed by atoms with Crippen LogP contribution in [0.2, 0.25) is 0 Å². The van der Waals surface area contributed by atoms with Gasteiger partial charge in [0.15, 0.2) is 0 Å². The van der Waals surface area contributed by atoms with Crippen LogP contribution in [0, 0.1) is 0 Å². The van der Waals surface area contributed by atoms with Gasteiger partial charge < -0.3 is 14.5 Å². The lowest BCUT2D eigenvalue weighted by Gasteiger charge is -2.36. The quantitative estimate of drug-likeness (QED) is 0.535. The van der Waals surface area contributed by atoms with Gasteiger partial charge in [-0.25, -0.2) is 13.1 Å². The van der Waals surface area contributed by atoms with Crippen molar-refractivity contribution in [1.29, 1.82) is 0 Å². The van der Waals surface area contributed by atoms with Crippen LogP contribution in [0.25, 0.3) is 0 Å². The Labute approximate surface area is 201 Å². The molecule has 8 heteroatoms. The highest BCUT2D eigenvalue weighted by atomic mass is 32.2. The Morgan fingerprint density at radius 2 is 1.62 bits per heavy atom. The average Bonchev–Trinajstić information content (AvgIpc) is 2.88. The van der Waals surface area contributed by atoms with E-state index in [2.05, 4.69) is 9.62 Å². The van der Waals surface area contributed by atoms with Crippen molar-refractivity contribution in [3.63, 3.8) is 0 Å². The zero-order valence-corrected chi connectivity index (χ0v) is 20.0. The van der Waals surface area contributed by atoms with Gasteiger partial charge in [-0.1, -0.05) is 48.5 Å². The number of sulfonamides is 1. The molecule has 7 nitrogen and oxygen atoms in total. The smallest absolute Gasteiger partial charge is 0.254 e. The number of carbonyl (C=O) groups is 1. The normalized spacial score (nSPS) is 14.1.